The minimum Gasteiger partial charge on any atom is -0.306 e. The van der Waals surface area contributed by atoms with E-state index in [4.69, 9.17) is 5.10 Å². The van der Waals surface area contributed by atoms with Crippen molar-refractivity contribution >= 4 is 26.8 Å². The van der Waals surface area contributed by atoms with Crippen LogP contribution < -0.4 is 0 Å². The molecule has 4 heteroatoms. The molecule has 1 fully saturated rings. The smallest absolute Gasteiger partial charge is 0.0934 e. The molecular weight excluding hydrogens is 290 g/mol. The average Bonchev–Trinajstić information content (AvgIpc) is 2.71. The number of fused-ring (bicyclic) bond motifs is 1. The van der Waals surface area contributed by atoms with Crippen LogP contribution in [0.2, 0.25) is 0 Å². The van der Waals surface area contributed by atoms with Crippen LogP contribution >= 0.6 is 15.9 Å². The van der Waals surface area contributed by atoms with Crippen LogP contribution in [-0.2, 0) is 0 Å². The number of likely N-dealkylation sites (tertiary alicyclic amines) is 1. The van der Waals surface area contributed by atoms with Gasteiger partial charge in [0.1, 0.15) is 0 Å². The van der Waals surface area contributed by atoms with E-state index < -0.39 is 0 Å². The molecule has 1 aliphatic heterocycles. The molecule has 0 N–H and O–H groups in total. The third-order valence-electron chi connectivity index (χ3n) is 3.89. The molecule has 3 nitrogen and oxygen atoms in total. The molecule has 1 unspecified atom stereocenters. The van der Waals surface area contributed by atoms with E-state index in [1.165, 1.54) is 11.8 Å². The Labute approximate surface area is 116 Å². The third kappa shape index (κ3) is 2.19. The number of benzene rings is 1. The molecule has 1 saturated heterocycles. The number of aromatic nitrogens is 2. The van der Waals surface area contributed by atoms with Gasteiger partial charge in [-0.05, 0) is 38.1 Å². The normalized spacial score (nSPS) is 25.7. The van der Waals surface area contributed by atoms with Gasteiger partial charge in [0.15, 0.2) is 0 Å². The zero-order valence-corrected chi connectivity index (χ0v) is 12.4. The van der Waals surface area contributed by atoms with Crippen LogP contribution in [0.4, 0.5) is 0 Å². The van der Waals surface area contributed by atoms with Gasteiger partial charge in [-0.15, -0.1) is 0 Å². The van der Waals surface area contributed by atoms with Gasteiger partial charge in [0.05, 0.1) is 11.6 Å². The second-order valence-corrected chi connectivity index (χ2v) is 6.32. The molecule has 2 heterocycles. The number of halogens is 1. The van der Waals surface area contributed by atoms with Crippen LogP contribution in [0.5, 0.6) is 0 Å². The lowest BCUT2D eigenvalue weighted by Crippen LogP contribution is -2.37. The van der Waals surface area contributed by atoms with Gasteiger partial charge in [0.2, 0.25) is 0 Å². The van der Waals surface area contributed by atoms with Gasteiger partial charge in [-0.3, -0.25) is 4.68 Å². The maximum Gasteiger partial charge on any atom is 0.0934 e. The lowest BCUT2D eigenvalue weighted by Gasteiger charge is -2.34. The topological polar surface area (TPSA) is 21.1 Å². The van der Waals surface area contributed by atoms with Crippen molar-refractivity contribution in [3.8, 4) is 0 Å². The Hall–Kier alpha value is -0.870. The van der Waals surface area contributed by atoms with Gasteiger partial charge in [-0.2, -0.15) is 5.10 Å². The maximum atomic E-state index is 4.74. The first-order valence-electron chi connectivity index (χ1n) is 6.46. The van der Waals surface area contributed by atoms with Crippen LogP contribution in [-0.4, -0.2) is 34.8 Å². The third-order valence-corrected chi connectivity index (χ3v) is 4.38. The Morgan fingerprint density at radius 3 is 3.00 bits per heavy atom. The maximum absolute atomic E-state index is 4.74. The molecule has 0 bridgehead atoms. The van der Waals surface area contributed by atoms with Gasteiger partial charge in [0.25, 0.3) is 0 Å². The lowest BCUT2D eigenvalue weighted by atomic mass is 9.94. The fraction of sp³-hybridized carbons (Fsp3) is 0.500. The quantitative estimate of drug-likeness (QED) is 0.806. The van der Waals surface area contributed by atoms with Crippen molar-refractivity contribution in [3.63, 3.8) is 0 Å². The van der Waals surface area contributed by atoms with Gasteiger partial charge in [-0.1, -0.05) is 28.9 Å². The molecule has 2 aromatic rings. The molecule has 96 valence electrons. The summed E-state index contributed by atoms with van der Waals surface area (Å²) in [7, 11) is 2.20. The van der Waals surface area contributed by atoms with E-state index in [9.17, 15) is 0 Å². The molecule has 0 spiro atoms. The highest BCUT2D eigenvalue weighted by Crippen LogP contribution is 2.28. The van der Waals surface area contributed by atoms with Crippen molar-refractivity contribution in [1.82, 2.24) is 14.7 Å². The number of piperidine rings is 1. The van der Waals surface area contributed by atoms with Gasteiger partial charge >= 0.3 is 0 Å². The highest BCUT2D eigenvalue weighted by atomic mass is 79.9. The first kappa shape index (κ1) is 12.2. The SMILES string of the molecule is C[C@@H]1CN(C)CCC1n1cc2ccc(Br)cc2n1. The second-order valence-electron chi connectivity index (χ2n) is 5.41. The molecule has 0 aliphatic carbocycles. The molecule has 2 atom stereocenters. The summed E-state index contributed by atoms with van der Waals surface area (Å²) in [5, 5.41) is 5.97. The van der Waals surface area contributed by atoms with Gasteiger partial charge in [0, 0.05) is 22.6 Å². The van der Waals surface area contributed by atoms with Crippen LogP contribution in [0.1, 0.15) is 19.4 Å². The average molecular weight is 308 g/mol. The van der Waals surface area contributed by atoms with E-state index in [1.54, 1.807) is 0 Å². The molecule has 18 heavy (non-hydrogen) atoms. The predicted octanol–water partition coefficient (Wildman–Crippen LogP) is 3.31. The summed E-state index contributed by atoms with van der Waals surface area (Å²) in [6, 6.07) is 6.83. The van der Waals surface area contributed by atoms with Crippen molar-refractivity contribution in [3.05, 3.63) is 28.9 Å². The summed E-state index contributed by atoms with van der Waals surface area (Å²) in [5.74, 6) is 0.654. The van der Waals surface area contributed by atoms with Crippen molar-refractivity contribution in [2.24, 2.45) is 5.92 Å². The molecule has 3 rings (SSSR count). The molecule has 0 saturated carbocycles. The summed E-state index contributed by atoms with van der Waals surface area (Å²) in [5.41, 5.74) is 1.08. The highest BCUT2D eigenvalue weighted by molar-refractivity contribution is 9.10. The van der Waals surface area contributed by atoms with E-state index >= 15 is 0 Å². The number of hydrogen-bond acceptors (Lipinski definition) is 2. The molecule has 1 aliphatic rings. The molecule has 0 radical (unpaired) electrons. The summed E-state index contributed by atoms with van der Waals surface area (Å²) in [4.78, 5) is 2.40. The number of nitrogens with zero attached hydrogens (tertiary/aromatic N) is 3. The monoisotopic (exact) mass is 307 g/mol. The van der Waals surface area contributed by atoms with E-state index in [-0.39, 0.29) is 0 Å². The van der Waals surface area contributed by atoms with Crippen LogP contribution in [0.3, 0.4) is 0 Å². The molecular formula is C14H18BrN3. The van der Waals surface area contributed by atoms with Crippen LogP contribution in [0.15, 0.2) is 28.9 Å². The standard InChI is InChI=1S/C14H18BrN3/c1-10-8-17(2)6-5-14(10)18-9-11-3-4-12(15)7-13(11)16-18/h3-4,7,9-10,14H,5-6,8H2,1-2H3/t10-,14?/m1/s1. The number of hydrogen-bond donors (Lipinski definition) is 0. The summed E-state index contributed by atoms with van der Waals surface area (Å²) in [6.45, 7) is 4.64. The summed E-state index contributed by atoms with van der Waals surface area (Å²) < 4.78 is 3.27. The Balaban J connectivity index is 1.94. The highest BCUT2D eigenvalue weighted by Gasteiger charge is 2.26. The Morgan fingerprint density at radius 2 is 2.22 bits per heavy atom. The Morgan fingerprint density at radius 1 is 1.39 bits per heavy atom. The van der Waals surface area contributed by atoms with E-state index in [2.05, 4.69) is 63.9 Å². The minimum absolute atomic E-state index is 0.535. The minimum atomic E-state index is 0.535. The summed E-state index contributed by atoms with van der Waals surface area (Å²) >= 11 is 3.50. The van der Waals surface area contributed by atoms with E-state index in [1.807, 2.05) is 0 Å². The van der Waals surface area contributed by atoms with Crippen molar-refractivity contribution < 1.29 is 0 Å². The Bertz CT molecular complexity index is 563. The summed E-state index contributed by atoms with van der Waals surface area (Å²) in [6.07, 6.45) is 3.38. The predicted molar refractivity (Wildman–Crippen MR) is 77.7 cm³/mol. The first-order valence-corrected chi connectivity index (χ1v) is 7.26. The zero-order chi connectivity index (χ0) is 12.7. The molecule has 1 aromatic carbocycles. The van der Waals surface area contributed by atoms with E-state index in [0.717, 1.165) is 23.1 Å². The number of rotatable bonds is 1. The van der Waals surface area contributed by atoms with Crippen molar-refractivity contribution in [1.29, 1.82) is 0 Å². The largest absolute Gasteiger partial charge is 0.306 e. The first-order chi connectivity index (χ1) is 8.63. The van der Waals surface area contributed by atoms with Crippen LogP contribution in [0, 0.1) is 5.92 Å². The van der Waals surface area contributed by atoms with Gasteiger partial charge < -0.3 is 4.90 Å². The second kappa shape index (κ2) is 4.67. The van der Waals surface area contributed by atoms with Crippen LogP contribution in [0.25, 0.3) is 10.9 Å². The fourth-order valence-electron chi connectivity index (χ4n) is 2.91. The molecule has 1 aromatic heterocycles. The Kier molecular flexibility index (Phi) is 3.16. The lowest BCUT2D eigenvalue weighted by molar-refractivity contribution is 0.151. The van der Waals surface area contributed by atoms with E-state index in [0.29, 0.717) is 12.0 Å². The van der Waals surface area contributed by atoms with Crippen molar-refractivity contribution in [2.45, 2.75) is 19.4 Å². The zero-order valence-electron chi connectivity index (χ0n) is 10.8. The van der Waals surface area contributed by atoms with Crippen molar-refractivity contribution in [2.75, 3.05) is 20.1 Å². The molecule has 0 amide bonds. The fourth-order valence-corrected chi connectivity index (χ4v) is 3.26. The van der Waals surface area contributed by atoms with Gasteiger partial charge in [-0.25, -0.2) is 0 Å².